The van der Waals surface area contributed by atoms with Gasteiger partial charge in [0.2, 0.25) is 0 Å². The first-order valence-electron chi connectivity index (χ1n) is 3.71. The molecule has 0 atom stereocenters. The van der Waals surface area contributed by atoms with E-state index in [9.17, 15) is 0 Å². The van der Waals surface area contributed by atoms with Gasteiger partial charge in [-0.1, -0.05) is 11.1 Å². The fourth-order valence-electron chi connectivity index (χ4n) is 1.13. The second kappa shape index (κ2) is 6.39. The van der Waals surface area contributed by atoms with Gasteiger partial charge in [0, 0.05) is 6.42 Å². The van der Waals surface area contributed by atoms with Crippen molar-refractivity contribution < 1.29 is 20.5 Å². The summed E-state index contributed by atoms with van der Waals surface area (Å²) in [4.78, 5) is 0. The van der Waals surface area contributed by atoms with Crippen molar-refractivity contribution >= 4 is 17.2 Å². The third kappa shape index (κ3) is 3.76. The van der Waals surface area contributed by atoms with Crippen molar-refractivity contribution in [1.29, 1.82) is 0 Å². The van der Waals surface area contributed by atoms with E-state index in [1.54, 1.807) is 0 Å². The van der Waals surface area contributed by atoms with E-state index in [2.05, 4.69) is 34.1 Å². The third-order valence-corrected chi connectivity index (χ3v) is 2.18. The summed E-state index contributed by atoms with van der Waals surface area (Å²) in [5.41, 5.74) is 5.75. The van der Waals surface area contributed by atoms with E-state index in [1.165, 1.54) is 22.3 Å². The van der Waals surface area contributed by atoms with Gasteiger partial charge in [0.1, 0.15) is 0 Å². The zero-order valence-corrected chi connectivity index (χ0v) is 12.9. The standard InChI is InChI=1S/C9H13.2ClH.Hf/c1-6-5-7(2)9(4)8(6)3;;;/h5H,1-4H3;2*1H;/q;;;+2/p-2. The molecule has 0 N–H and O–H groups in total. The topological polar surface area (TPSA) is 0 Å². The number of rotatable bonds is 0. The molecule has 0 fully saturated rings. The van der Waals surface area contributed by atoms with E-state index in [0.29, 0.717) is 0 Å². The molecule has 0 saturated heterocycles. The normalized spacial score (nSPS) is 16.2. The molecule has 0 unspecified atom stereocenters. The second-order valence-corrected chi connectivity index (χ2v) is 8.02. The molecule has 1 aliphatic carbocycles. The first-order valence-corrected chi connectivity index (χ1v) is 12.6. The van der Waals surface area contributed by atoms with Crippen LogP contribution in [0.3, 0.4) is 0 Å². The van der Waals surface area contributed by atoms with Gasteiger partial charge in [0.05, 0.1) is 0 Å². The average molecular weight is 371 g/mol. The van der Waals surface area contributed by atoms with Crippen LogP contribution < -0.4 is 0 Å². The summed E-state index contributed by atoms with van der Waals surface area (Å²) in [6, 6.07) is 0. The van der Waals surface area contributed by atoms with Gasteiger partial charge in [-0.05, 0) is 38.8 Å². The Balaban J connectivity index is 0.000000354. The summed E-state index contributed by atoms with van der Waals surface area (Å²) in [7, 11) is 9.92. The zero-order chi connectivity index (χ0) is 9.72. The van der Waals surface area contributed by atoms with E-state index in [-0.39, 0.29) is 0 Å². The van der Waals surface area contributed by atoms with Crippen LogP contribution >= 0.6 is 17.2 Å². The van der Waals surface area contributed by atoms with E-state index in [4.69, 9.17) is 17.2 Å². The monoisotopic (exact) mass is 371 g/mol. The van der Waals surface area contributed by atoms with Crippen LogP contribution in [0.2, 0.25) is 0 Å². The van der Waals surface area contributed by atoms with Crippen LogP contribution in [0, 0.1) is 6.42 Å². The molecule has 67 valence electrons. The molecule has 0 aromatic heterocycles. The molecule has 0 aromatic rings. The van der Waals surface area contributed by atoms with Crippen LogP contribution in [0.4, 0.5) is 0 Å². The van der Waals surface area contributed by atoms with Gasteiger partial charge in [-0.2, -0.15) is 0 Å². The number of halogens is 2. The van der Waals surface area contributed by atoms with Crippen molar-refractivity contribution in [3.8, 4) is 0 Å². The van der Waals surface area contributed by atoms with Crippen molar-refractivity contribution in [2.24, 2.45) is 0 Å². The first kappa shape index (κ1) is 12.9. The molecular formula is C9H13Cl2Hf. The predicted molar refractivity (Wildman–Crippen MR) is 52.8 cm³/mol. The Kier molecular flexibility index (Phi) is 6.89. The van der Waals surface area contributed by atoms with Gasteiger partial charge in [0.15, 0.2) is 0 Å². The second-order valence-electron chi connectivity index (χ2n) is 2.83. The van der Waals surface area contributed by atoms with Crippen LogP contribution in [0.25, 0.3) is 0 Å². The molecular weight excluding hydrogens is 357 g/mol. The number of allylic oxidation sites excluding steroid dienone is 4. The van der Waals surface area contributed by atoms with Crippen molar-refractivity contribution in [2.75, 3.05) is 0 Å². The van der Waals surface area contributed by atoms with Crippen LogP contribution in [-0.2, 0) is 20.5 Å². The molecule has 1 aliphatic rings. The van der Waals surface area contributed by atoms with E-state index in [0.717, 1.165) is 0 Å². The third-order valence-electron chi connectivity index (χ3n) is 2.18. The maximum atomic E-state index is 4.96. The molecule has 0 heterocycles. The number of hydrogen-bond acceptors (Lipinski definition) is 0. The van der Waals surface area contributed by atoms with Crippen LogP contribution in [-0.4, -0.2) is 0 Å². The summed E-state index contributed by atoms with van der Waals surface area (Å²) < 4.78 is 0. The van der Waals surface area contributed by atoms with Crippen LogP contribution in [0.15, 0.2) is 22.3 Å². The fourth-order valence-corrected chi connectivity index (χ4v) is 1.13. The quantitative estimate of drug-likeness (QED) is 0.559. The Morgan fingerprint density at radius 1 is 0.917 bits per heavy atom. The van der Waals surface area contributed by atoms with Gasteiger partial charge >= 0.3 is 37.7 Å². The molecule has 0 nitrogen and oxygen atoms in total. The molecule has 0 saturated carbocycles. The first-order chi connectivity index (χ1) is 5.54. The molecule has 12 heavy (non-hydrogen) atoms. The van der Waals surface area contributed by atoms with Crippen LogP contribution in [0.5, 0.6) is 0 Å². The summed E-state index contributed by atoms with van der Waals surface area (Å²) in [5.74, 6) is 0. The van der Waals surface area contributed by atoms with Gasteiger partial charge in [-0.15, -0.1) is 0 Å². The molecule has 1 rings (SSSR count). The SMILES string of the molecule is CC1=C(C)C(C)=C(C)[CH]1.[Cl][Hf][Cl]. The summed E-state index contributed by atoms with van der Waals surface area (Å²) in [5, 5.41) is 0. The molecule has 0 aliphatic heterocycles. The van der Waals surface area contributed by atoms with Crippen molar-refractivity contribution in [2.45, 2.75) is 27.7 Å². The molecule has 3 heteroatoms. The summed E-state index contributed by atoms with van der Waals surface area (Å²) in [6.45, 7) is 8.68. The van der Waals surface area contributed by atoms with Crippen molar-refractivity contribution in [3.05, 3.63) is 28.7 Å². The van der Waals surface area contributed by atoms with E-state index >= 15 is 0 Å². The van der Waals surface area contributed by atoms with Gasteiger partial charge in [0.25, 0.3) is 0 Å². The van der Waals surface area contributed by atoms with Crippen molar-refractivity contribution in [1.82, 2.24) is 0 Å². The van der Waals surface area contributed by atoms with E-state index < -0.39 is 20.5 Å². The number of hydrogen-bond donors (Lipinski definition) is 0. The van der Waals surface area contributed by atoms with Gasteiger partial charge in [-0.3, -0.25) is 0 Å². The average Bonchev–Trinajstić information content (AvgIpc) is 2.20. The molecule has 1 radical (unpaired) electrons. The Morgan fingerprint density at radius 2 is 1.17 bits per heavy atom. The van der Waals surface area contributed by atoms with Crippen LogP contribution in [0.1, 0.15) is 27.7 Å². The Morgan fingerprint density at radius 3 is 1.25 bits per heavy atom. The Labute approximate surface area is 93.5 Å². The zero-order valence-electron chi connectivity index (χ0n) is 7.83. The predicted octanol–water partition coefficient (Wildman–Crippen LogP) is 4.25. The molecule has 0 aromatic carbocycles. The Bertz CT molecular complexity index is 195. The molecule has 0 bridgehead atoms. The van der Waals surface area contributed by atoms with Gasteiger partial charge in [-0.25, -0.2) is 0 Å². The molecule has 0 amide bonds. The maximum absolute atomic E-state index is 4.96. The summed E-state index contributed by atoms with van der Waals surface area (Å²) in [6.07, 6.45) is 2.24. The van der Waals surface area contributed by atoms with Gasteiger partial charge < -0.3 is 0 Å². The molecule has 0 spiro atoms. The summed E-state index contributed by atoms with van der Waals surface area (Å²) >= 11 is -0.972. The minimum atomic E-state index is -0.972. The van der Waals surface area contributed by atoms with E-state index in [1.807, 2.05) is 0 Å². The fraction of sp³-hybridized carbons (Fsp3) is 0.444. The minimum absolute atomic E-state index is 0.972. The van der Waals surface area contributed by atoms with Crippen molar-refractivity contribution in [3.63, 3.8) is 0 Å². The Hall–Kier alpha value is 0.930.